The largest absolute Gasteiger partial charge is 0.358 e. The van der Waals surface area contributed by atoms with Gasteiger partial charge >= 0.3 is 0 Å². The maximum Gasteiger partial charge on any atom is 0.133 e. The molecule has 1 aliphatic carbocycles. The maximum atomic E-state index is 11.4. The first-order valence-corrected chi connectivity index (χ1v) is 5.06. The van der Waals surface area contributed by atoms with Gasteiger partial charge in [-0.2, -0.15) is 12.3 Å². The molecule has 0 bridgehead atoms. The number of hydrogen-bond acceptors (Lipinski definition) is 1. The van der Waals surface area contributed by atoms with Gasteiger partial charge in [0.2, 0.25) is 0 Å². The van der Waals surface area contributed by atoms with Crippen molar-refractivity contribution < 1.29 is 70.2 Å². The molecule has 0 aromatic heterocycles. The van der Waals surface area contributed by atoms with Gasteiger partial charge in [-0.15, -0.1) is 0 Å². The first kappa shape index (κ1) is 22.1. The average Bonchev–Trinajstić information content (AvgIpc) is 2.06. The second-order valence-electron chi connectivity index (χ2n) is 4.11. The van der Waals surface area contributed by atoms with Gasteiger partial charge in [-0.05, 0) is 6.42 Å². The summed E-state index contributed by atoms with van der Waals surface area (Å²) in [4.78, 5) is 11.4. The summed E-state index contributed by atoms with van der Waals surface area (Å²) in [6.45, 7) is 3.98. The van der Waals surface area contributed by atoms with Crippen molar-refractivity contribution in [2.45, 2.75) is 46.0 Å². The van der Waals surface area contributed by atoms with Crippen molar-refractivity contribution in [3.05, 3.63) is 13.8 Å². The van der Waals surface area contributed by atoms with Crippen molar-refractivity contribution in [3.63, 3.8) is 0 Å². The number of carbonyl (C=O) groups is 1. The minimum Gasteiger partial charge on any atom is -0.358 e. The Morgan fingerprint density at radius 2 is 1.93 bits per heavy atom. The van der Waals surface area contributed by atoms with Crippen LogP contribution in [0.5, 0.6) is 0 Å². The van der Waals surface area contributed by atoms with Crippen molar-refractivity contribution in [1.29, 1.82) is 0 Å². The third kappa shape index (κ3) is 9.57. The van der Waals surface area contributed by atoms with E-state index >= 15 is 0 Å². The zero-order chi connectivity index (χ0) is 8.97. The molecule has 1 rings (SSSR count). The van der Waals surface area contributed by atoms with Crippen molar-refractivity contribution in [2.24, 2.45) is 11.8 Å². The summed E-state index contributed by atoms with van der Waals surface area (Å²) in [6.07, 6.45) is 8.22. The van der Waals surface area contributed by atoms with Gasteiger partial charge in [0.1, 0.15) is 5.78 Å². The Bertz CT molecular complexity index is 152. The van der Waals surface area contributed by atoms with Gasteiger partial charge in [-0.3, -0.25) is 4.79 Å². The predicted molar refractivity (Wildman–Crippen MR) is 57.1 cm³/mol. The fourth-order valence-electron chi connectivity index (χ4n) is 1.70. The summed E-state index contributed by atoms with van der Waals surface area (Å²) in [5.41, 5.74) is 0. The summed E-state index contributed by atoms with van der Waals surface area (Å²) in [6, 6.07) is 0. The van der Waals surface area contributed by atoms with Gasteiger partial charge < -0.3 is 13.8 Å². The predicted octanol–water partition coefficient (Wildman–Crippen LogP) is 3.44. The molecule has 1 unspecified atom stereocenters. The number of hydrogen-bond donors (Lipinski definition) is 0. The van der Waals surface area contributed by atoms with E-state index in [-0.39, 0.29) is 78.8 Å². The Hall–Kier alpha value is 1.88. The van der Waals surface area contributed by atoms with E-state index in [9.17, 15) is 4.79 Å². The van der Waals surface area contributed by atoms with Gasteiger partial charge in [-0.25, -0.2) is 0 Å². The Morgan fingerprint density at radius 3 is 2.33 bits per heavy atom. The van der Waals surface area contributed by atoms with Gasteiger partial charge in [0.05, 0.1) is 0 Å². The van der Waals surface area contributed by atoms with Gasteiger partial charge in [0, 0.05) is 71.3 Å². The molecule has 1 fully saturated rings. The molecule has 2 radical (unpaired) electrons. The van der Waals surface area contributed by atoms with Crippen LogP contribution < -0.4 is 0 Å². The molecular formula is C12H22OY2-2. The molecule has 3 heteroatoms. The number of Topliss-reactive ketones (excluding diaryl/α,β-unsaturated/α-hetero) is 1. The van der Waals surface area contributed by atoms with E-state index in [2.05, 4.69) is 6.42 Å². The Kier molecular flexibility index (Phi) is 18.2. The van der Waals surface area contributed by atoms with Crippen molar-refractivity contribution >= 4 is 5.78 Å². The molecule has 84 valence electrons. The standard InChI is InChI=1S/C11H19O.CH3.2Y/c1-9(2)11(12)8-10-6-4-3-5-7-10;;;/h6,9-10H,3-5,7-8H2,1-2H3;1H3;;/q2*-1;;. The minimum absolute atomic E-state index is 0. The minimum atomic E-state index is 0. The molecule has 1 atom stereocenters. The smallest absolute Gasteiger partial charge is 0.133 e. The van der Waals surface area contributed by atoms with Crippen LogP contribution in [0.2, 0.25) is 0 Å². The molecule has 0 heterocycles. The fourth-order valence-corrected chi connectivity index (χ4v) is 1.70. The topological polar surface area (TPSA) is 17.1 Å². The zero-order valence-electron chi connectivity index (χ0n) is 10.3. The number of ketones is 1. The molecule has 1 nitrogen and oxygen atoms in total. The second kappa shape index (κ2) is 12.3. The second-order valence-corrected chi connectivity index (χ2v) is 4.11. The molecular weight excluding hydrogens is 338 g/mol. The molecule has 0 aliphatic heterocycles. The molecule has 0 saturated heterocycles. The van der Waals surface area contributed by atoms with E-state index in [4.69, 9.17) is 0 Å². The number of rotatable bonds is 3. The fraction of sp³-hybridized carbons (Fsp3) is 0.750. The Balaban J connectivity index is -0.000000480. The molecule has 0 N–H and O–H groups in total. The van der Waals surface area contributed by atoms with Crippen LogP contribution in [0.25, 0.3) is 0 Å². The van der Waals surface area contributed by atoms with Crippen molar-refractivity contribution in [2.75, 3.05) is 0 Å². The monoisotopic (exact) mass is 360 g/mol. The summed E-state index contributed by atoms with van der Waals surface area (Å²) in [5, 5.41) is 0. The van der Waals surface area contributed by atoms with Gasteiger partial charge in [-0.1, -0.05) is 33.1 Å². The van der Waals surface area contributed by atoms with E-state index in [0.29, 0.717) is 11.7 Å². The molecule has 15 heavy (non-hydrogen) atoms. The Morgan fingerprint density at radius 1 is 1.33 bits per heavy atom. The van der Waals surface area contributed by atoms with Crippen LogP contribution in [-0.4, -0.2) is 5.78 Å². The first-order valence-electron chi connectivity index (χ1n) is 5.06. The van der Waals surface area contributed by atoms with Gasteiger partial charge in [0.15, 0.2) is 0 Å². The maximum absolute atomic E-state index is 11.4. The van der Waals surface area contributed by atoms with Crippen LogP contribution >= 0.6 is 0 Å². The summed E-state index contributed by atoms with van der Waals surface area (Å²) >= 11 is 0. The SMILES string of the molecule is CC(C)C(=O)CC1[CH-]CCCC1.[CH3-].[Y].[Y]. The average molecular weight is 360 g/mol. The summed E-state index contributed by atoms with van der Waals surface area (Å²) in [5.74, 6) is 1.24. The zero-order valence-corrected chi connectivity index (χ0v) is 16.0. The van der Waals surface area contributed by atoms with Crippen LogP contribution in [0.3, 0.4) is 0 Å². The van der Waals surface area contributed by atoms with Crippen LogP contribution in [0.4, 0.5) is 0 Å². The third-order valence-electron chi connectivity index (χ3n) is 2.64. The summed E-state index contributed by atoms with van der Waals surface area (Å²) in [7, 11) is 0. The van der Waals surface area contributed by atoms with Crippen LogP contribution in [-0.2, 0) is 70.2 Å². The third-order valence-corrected chi connectivity index (χ3v) is 2.64. The molecule has 1 saturated carbocycles. The van der Waals surface area contributed by atoms with Crippen LogP contribution in [0.15, 0.2) is 0 Å². The van der Waals surface area contributed by atoms with Crippen molar-refractivity contribution in [3.8, 4) is 0 Å². The quantitative estimate of drug-likeness (QED) is 0.705. The first-order chi connectivity index (χ1) is 5.70. The van der Waals surface area contributed by atoms with Crippen LogP contribution in [0.1, 0.15) is 46.0 Å². The van der Waals surface area contributed by atoms with E-state index in [1.54, 1.807) is 0 Å². The van der Waals surface area contributed by atoms with E-state index in [0.717, 1.165) is 6.42 Å². The van der Waals surface area contributed by atoms with Crippen molar-refractivity contribution in [1.82, 2.24) is 0 Å². The summed E-state index contributed by atoms with van der Waals surface area (Å²) < 4.78 is 0. The van der Waals surface area contributed by atoms with E-state index in [1.807, 2.05) is 13.8 Å². The van der Waals surface area contributed by atoms with Gasteiger partial charge in [0.25, 0.3) is 0 Å². The van der Waals surface area contributed by atoms with Crippen LogP contribution in [0, 0.1) is 25.7 Å². The van der Waals surface area contributed by atoms with E-state index < -0.39 is 0 Å². The molecule has 1 aliphatic rings. The number of carbonyl (C=O) groups excluding carboxylic acids is 1. The molecule has 0 aromatic rings. The molecule has 0 spiro atoms. The normalized spacial score (nSPS) is 19.5. The molecule has 0 amide bonds. The van der Waals surface area contributed by atoms with E-state index in [1.165, 1.54) is 25.7 Å². The molecule has 0 aromatic carbocycles. The Labute approximate surface area is 146 Å².